The first-order valence-electron chi connectivity index (χ1n) is 6.51. The molecular formula is C13H18N2O5. The van der Waals surface area contributed by atoms with Gasteiger partial charge in [0.2, 0.25) is 5.91 Å². The fourth-order valence-electron chi connectivity index (χ4n) is 2.03. The lowest BCUT2D eigenvalue weighted by Gasteiger charge is -2.34. The van der Waals surface area contributed by atoms with Crippen LogP contribution in [0.25, 0.3) is 0 Å². The van der Waals surface area contributed by atoms with Crippen molar-refractivity contribution in [3.8, 4) is 0 Å². The Morgan fingerprint density at radius 3 is 2.55 bits per heavy atom. The zero-order chi connectivity index (χ0) is 14.4. The highest BCUT2D eigenvalue weighted by molar-refractivity contribution is 5.91. The van der Waals surface area contributed by atoms with Gasteiger partial charge in [-0.3, -0.25) is 9.59 Å². The second-order valence-corrected chi connectivity index (χ2v) is 4.43. The second-order valence-electron chi connectivity index (χ2n) is 4.43. The van der Waals surface area contributed by atoms with Gasteiger partial charge in [0.1, 0.15) is 6.61 Å². The molecule has 20 heavy (non-hydrogen) atoms. The summed E-state index contributed by atoms with van der Waals surface area (Å²) >= 11 is 0. The van der Waals surface area contributed by atoms with Gasteiger partial charge >= 0.3 is 0 Å². The Kier molecular flexibility index (Phi) is 5.14. The average Bonchev–Trinajstić information content (AvgIpc) is 3.01. The van der Waals surface area contributed by atoms with E-state index in [-0.39, 0.29) is 31.6 Å². The van der Waals surface area contributed by atoms with Crippen molar-refractivity contribution in [3.63, 3.8) is 0 Å². The molecule has 1 aliphatic heterocycles. The van der Waals surface area contributed by atoms with Gasteiger partial charge in [-0.25, -0.2) is 0 Å². The quantitative estimate of drug-likeness (QED) is 0.741. The highest BCUT2D eigenvalue weighted by Gasteiger charge is 2.25. The van der Waals surface area contributed by atoms with E-state index in [1.54, 1.807) is 21.9 Å². The lowest BCUT2D eigenvalue weighted by Crippen LogP contribution is -2.51. The van der Waals surface area contributed by atoms with Crippen LogP contribution in [0, 0.1) is 0 Å². The summed E-state index contributed by atoms with van der Waals surface area (Å²) in [7, 11) is 0. The third-order valence-electron chi connectivity index (χ3n) is 3.11. The van der Waals surface area contributed by atoms with Crippen LogP contribution in [0.5, 0.6) is 0 Å². The number of carbonyl (C=O) groups excluding carboxylic acids is 2. The van der Waals surface area contributed by atoms with Gasteiger partial charge in [0.25, 0.3) is 5.91 Å². The van der Waals surface area contributed by atoms with Crippen LogP contribution < -0.4 is 0 Å². The van der Waals surface area contributed by atoms with Crippen LogP contribution in [0.2, 0.25) is 0 Å². The molecule has 0 radical (unpaired) electrons. The number of aliphatic hydroxyl groups excluding tert-OH is 1. The van der Waals surface area contributed by atoms with Crippen molar-refractivity contribution >= 4 is 11.8 Å². The molecule has 1 aromatic rings. The highest BCUT2D eigenvalue weighted by Crippen LogP contribution is 2.09. The predicted molar refractivity (Wildman–Crippen MR) is 69.1 cm³/mol. The van der Waals surface area contributed by atoms with Crippen LogP contribution >= 0.6 is 0 Å². The summed E-state index contributed by atoms with van der Waals surface area (Å²) in [6.45, 7) is 1.94. The second kappa shape index (κ2) is 7.06. The standard InChI is InChI=1S/C13H18N2O5/c16-7-9-19-10-12(17)14-3-5-15(6-4-14)13(18)11-2-1-8-20-11/h1-2,8,16H,3-7,9-10H2. The van der Waals surface area contributed by atoms with E-state index in [2.05, 4.69) is 0 Å². The fourth-order valence-corrected chi connectivity index (χ4v) is 2.03. The first-order valence-corrected chi connectivity index (χ1v) is 6.51. The fraction of sp³-hybridized carbons (Fsp3) is 0.538. The van der Waals surface area contributed by atoms with Crippen molar-refractivity contribution < 1.29 is 23.8 Å². The van der Waals surface area contributed by atoms with E-state index in [1.165, 1.54) is 6.26 Å². The molecule has 110 valence electrons. The molecule has 1 aliphatic rings. The first kappa shape index (κ1) is 14.5. The van der Waals surface area contributed by atoms with Gasteiger partial charge in [0, 0.05) is 26.2 Å². The molecule has 0 aliphatic carbocycles. The molecule has 0 aromatic carbocycles. The van der Waals surface area contributed by atoms with Crippen molar-refractivity contribution in [1.29, 1.82) is 0 Å². The van der Waals surface area contributed by atoms with E-state index in [0.29, 0.717) is 31.9 Å². The van der Waals surface area contributed by atoms with E-state index in [0.717, 1.165) is 0 Å². The average molecular weight is 282 g/mol. The summed E-state index contributed by atoms with van der Waals surface area (Å²) in [6, 6.07) is 3.30. The topological polar surface area (TPSA) is 83.2 Å². The zero-order valence-electron chi connectivity index (χ0n) is 11.2. The van der Waals surface area contributed by atoms with Crippen molar-refractivity contribution in [2.24, 2.45) is 0 Å². The lowest BCUT2D eigenvalue weighted by molar-refractivity contribution is -0.137. The number of rotatable bonds is 5. The Morgan fingerprint density at radius 1 is 1.25 bits per heavy atom. The van der Waals surface area contributed by atoms with Crippen LogP contribution in [0.3, 0.4) is 0 Å². The molecule has 0 spiro atoms. The van der Waals surface area contributed by atoms with Crippen LogP contribution in [0.15, 0.2) is 22.8 Å². The SMILES string of the molecule is O=C(COCCO)N1CCN(C(=O)c2ccco2)CC1. The van der Waals surface area contributed by atoms with Gasteiger partial charge in [-0.05, 0) is 12.1 Å². The third kappa shape index (κ3) is 3.58. The Hall–Kier alpha value is -1.86. The maximum Gasteiger partial charge on any atom is 0.289 e. The minimum Gasteiger partial charge on any atom is -0.459 e. The summed E-state index contributed by atoms with van der Waals surface area (Å²) in [5, 5.41) is 8.57. The van der Waals surface area contributed by atoms with E-state index in [9.17, 15) is 9.59 Å². The van der Waals surface area contributed by atoms with Gasteiger partial charge in [0.05, 0.1) is 19.5 Å². The minimum absolute atomic E-state index is 0.0350. The zero-order valence-corrected chi connectivity index (χ0v) is 11.2. The summed E-state index contributed by atoms with van der Waals surface area (Å²) in [5.41, 5.74) is 0. The summed E-state index contributed by atoms with van der Waals surface area (Å²) < 4.78 is 10.1. The molecule has 0 saturated carbocycles. The van der Waals surface area contributed by atoms with E-state index in [1.807, 2.05) is 0 Å². The number of ether oxygens (including phenoxy) is 1. The molecule has 2 rings (SSSR count). The van der Waals surface area contributed by atoms with Gasteiger partial charge in [-0.2, -0.15) is 0 Å². The third-order valence-corrected chi connectivity index (χ3v) is 3.11. The van der Waals surface area contributed by atoms with Gasteiger partial charge < -0.3 is 24.1 Å². The summed E-state index contributed by atoms with van der Waals surface area (Å²) in [4.78, 5) is 27.1. The number of furan rings is 1. The van der Waals surface area contributed by atoms with Crippen molar-refractivity contribution in [3.05, 3.63) is 24.2 Å². The number of aliphatic hydroxyl groups is 1. The molecule has 1 fully saturated rings. The molecule has 0 unspecified atom stereocenters. The molecule has 2 heterocycles. The van der Waals surface area contributed by atoms with Crippen molar-refractivity contribution in [2.45, 2.75) is 0 Å². The Morgan fingerprint density at radius 2 is 1.95 bits per heavy atom. The van der Waals surface area contributed by atoms with E-state index >= 15 is 0 Å². The number of amides is 2. The number of hydrogen-bond donors (Lipinski definition) is 1. The molecule has 1 aromatic heterocycles. The van der Waals surface area contributed by atoms with Crippen molar-refractivity contribution in [1.82, 2.24) is 9.80 Å². The molecule has 0 atom stereocenters. The van der Waals surface area contributed by atoms with Crippen LogP contribution in [-0.2, 0) is 9.53 Å². The summed E-state index contributed by atoms with van der Waals surface area (Å²) in [6.07, 6.45) is 1.46. The van der Waals surface area contributed by atoms with Crippen LogP contribution in [0.1, 0.15) is 10.6 Å². The summed E-state index contributed by atoms with van der Waals surface area (Å²) in [5.74, 6) is 0.0400. The number of nitrogens with zero attached hydrogens (tertiary/aromatic N) is 2. The van der Waals surface area contributed by atoms with E-state index in [4.69, 9.17) is 14.3 Å². The van der Waals surface area contributed by atoms with Crippen molar-refractivity contribution in [2.75, 3.05) is 46.0 Å². The maximum absolute atomic E-state index is 12.0. The van der Waals surface area contributed by atoms with Gasteiger partial charge in [-0.15, -0.1) is 0 Å². The largest absolute Gasteiger partial charge is 0.459 e. The Bertz CT molecular complexity index is 438. The first-order chi connectivity index (χ1) is 9.72. The van der Waals surface area contributed by atoms with Gasteiger partial charge in [-0.1, -0.05) is 0 Å². The lowest BCUT2D eigenvalue weighted by atomic mass is 10.3. The van der Waals surface area contributed by atoms with Crippen LogP contribution in [-0.4, -0.2) is 72.7 Å². The monoisotopic (exact) mass is 282 g/mol. The smallest absolute Gasteiger partial charge is 0.289 e. The minimum atomic E-state index is -0.154. The molecule has 2 amide bonds. The maximum atomic E-state index is 12.0. The number of carbonyl (C=O) groups is 2. The molecule has 1 saturated heterocycles. The number of hydrogen-bond acceptors (Lipinski definition) is 5. The van der Waals surface area contributed by atoms with Crippen LogP contribution in [0.4, 0.5) is 0 Å². The molecule has 7 heteroatoms. The molecule has 1 N–H and O–H groups in total. The Balaban J connectivity index is 1.77. The molecule has 0 bridgehead atoms. The predicted octanol–water partition coefficient (Wildman–Crippen LogP) is -0.427. The van der Waals surface area contributed by atoms with Gasteiger partial charge in [0.15, 0.2) is 5.76 Å². The normalized spacial score (nSPS) is 15.4. The number of piperazine rings is 1. The van der Waals surface area contributed by atoms with E-state index < -0.39 is 0 Å². The molecular weight excluding hydrogens is 264 g/mol. The Labute approximate surface area is 116 Å². The highest BCUT2D eigenvalue weighted by atomic mass is 16.5. The molecule has 7 nitrogen and oxygen atoms in total.